The lowest BCUT2D eigenvalue weighted by molar-refractivity contribution is -0.152. The van der Waals surface area contributed by atoms with Crippen LogP contribution in [0.25, 0.3) is 0 Å². The van der Waals surface area contributed by atoms with Crippen LogP contribution in [0.3, 0.4) is 0 Å². The molecule has 1 aromatic rings. The largest absolute Gasteiger partial charge is 0.405 e. The average Bonchev–Trinajstić information content (AvgIpc) is 2.15. The highest BCUT2D eigenvalue weighted by atomic mass is 19.4. The molecule has 0 aliphatic heterocycles. The number of nitrogens with two attached hydrogens (primary N) is 2. The van der Waals surface area contributed by atoms with E-state index in [1.807, 2.05) is 0 Å². The van der Waals surface area contributed by atoms with E-state index in [2.05, 4.69) is 0 Å². The van der Waals surface area contributed by atoms with Crippen molar-refractivity contribution < 1.29 is 13.2 Å². The van der Waals surface area contributed by atoms with E-state index >= 15 is 0 Å². The molecule has 0 radical (unpaired) electrons. The highest BCUT2D eigenvalue weighted by molar-refractivity contribution is 5.20. The first-order valence-electron chi connectivity index (χ1n) is 4.05. The van der Waals surface area contributed by atoms with Crippen LogP contribution in [0.4, 0.5) is 13.2 Å². The molecule has 1 rings (SSSR count). The third-order valence-electron chi connectivity index (χ3n) is 1.95. The Morgan fingerprint density at radius 3 is 1.93 bits per heavy atom. The second kappa shape index (κ2) is 3.98. The molecule has 14 heavy (non-hydrogen) atoms. The fraction of sp³-hybridized carbons (Fsp3) is 0.333. The number of halogens is 3. The van der Waals surface area contributed by atoms with Crippen LogP contribution in [0.15, 0.2) is 30.3 Å². The summed E-state index contributed by atoms with van der Waals surface area (Å²) in [5.74, 6) is 0. The van der Waals surface area contributed by atoms with Crippen molar-refractivity contribution in [3.8, 4) is 0 Å². The van der Waals surface area contributed by atoms with E-state index < -0.39 is 18.3 Å². The number of rotatable bonds is 2. The molecular formula is C9H11F3N2. The zero-order chi connectivity index (χ0) is 10.8. The van der Waals surface area contributed by atoms with Gasteiger partial charge in [-0.3, -0.25) is 0 Å². The van der Waals surface area contributed by atoms with E-state index in [1.54, 1.807) is 18.2 Å². The van der Waals surface area contributed by atoms with Gasteiger partial charge in [0, 0.05) is 0 Å². The van der Waals surface area contributed by atoms with E-state index in [4.69, 9.17) is 11.5 Å². The molecular weight excluding hydrogens is 193 g/mol. The van der Waals surface area contributed by atoms with Crippen molar-refractivity contribution in [1.29, 1.82) is 0 Å². The zero-order valence-corrected chi connectivity index (χ0v) is 7.33. The predicted molar refractivity (Wildman–Crippen MR) is 47.4 cm³/mol. The van der Waals surface area contributed by atoms with E-state index in [0.717, 1.165) is 0 Å². The van der Waals surface area contributed by atoms with Gasteiger partial charge in [0.05, 0.1) is 6.04 Å². The highest BCUT2D eigenvalue weighted by Gasteiger charge is 2.41. The predicted octanol–water partition coefficient (Wildman–Crippen LogP) is 1.58. The summed E-state index contributed by atoms with van der Waals surface area (Å²) in [6.07, 6.45) is -4.46. The summed E-state index contributed by atoms with van der Waals surface area (Å²) in [5.41, 5.74) is 10.7. The normalized spacial score (nSPS) is 16.4. The van der Waals surface area contributed by atoms with Crippen LogP contribution < -0.4 is 11.5 Å². The van der Waals surface area contributed by atoms with Gasteiger partial charge in [-0.25, -0.2) is 0 Å². The molecule has 0 saturated carbocycles. The number of benzene rings is 1. The van der Waals surface area contributed by atoms with Crippen molar-refractivity contribution >= 4 is 0 Å². The van der Waals surface area contributed by atoms with E-state index in [9.17, 15) is 13.2 Å². The van der Waals surface area contributed by atoms with Crippen molar-refractivity contribution in [3.63, 3.8) is 0 Å². The van der Waals surface area contributed by atoms with Crippen molar-refractivity contribution in [3.05, 3.63) is 35.9 Å². The molecule has 4 N–H and O–H groups in total. The van der Waals surface area contributed by atoms with Gasteiger partial charge in [0.2, 0.25) is 0 Å². The van der Waals surface area contributed by atoms with Gasteiger partial charge in [0.25, 0.3) is 0 Å². The first kappa shape index (κ1) is 11.0. The van der Waals surface area contributed by atoms with Gasteiger partial charge >= 0.3 is 6.18 Å². The van der Waals surface area contributed by atoms with Crippen LogP contribution in [0.1, 0.15) is 11.6 Å². The lowest BCUT2D eigenvalue weighted by Crippen LogP contribution is -2.45. The van der Waals surface area contributed by atoms with Gasteiger partial charge in [-0.1, -0.05) is 30.3 Å². The number of hydrogen-bond donors (Lipinski definition) is 2. The minimum Gasteiger partial charge on any atom is -0.322 e. The molecule has 0 aliphatic rings. The van der Waals surface area contributed by atoms with Crippen LogP contribution in [-0.4, -0.2) is 12.2 Å². The van der Waals surface area contributed by atoms with Gasteiger partial charge in [-0.15, -0.1) is 0 Å². The molecule has 0 saturated heterocycles. The summed E-state index contributed by atoms with van der Waals surface area (Å²) in [6, 6.07) is 4.76. The molecule has 0 aliphatic carbocycles. The Balaban J connectivity index is 2.81. The van der Waals surface area contributed by atoms with E-state index in [-0.39, 0.29) is 0 Å². The summed E-state index contributed by atoms with van der Waals surface area (Å²) in [4.78, 5) is 0. The third kappa shape index (κ3) is 2.46. The molecule has 0 unspecified atom stereocenters. The molecule has 5 heteroatoms. The quantitative estimate of drug-likeness (QED) is 0.768. The maximum absolute atomic E-state index is 12.2. The summed E-state index contributed by atoms with van der Waals surface area (Å²) in [6.45, 7) is 0. The first-order valence-corrected chi connectivity index (χ1v) is 4.05. The lowest BCUT2D eigenvalue weighted by atomic mass is 10.0. The molecule has 0 fully saturated rings. The van der Waals surface area contributed by atoms with Gasteiger partial charge in [0.1, 0.15) is 6.04 Å². The maximum atomic E-state index is 12.2. The first-order chi connectivity index (χ1) is 6.43. The van der Waals surface area contributed by atoms with Gasteiger partial charge in [0.15, 0.2) is 0 Å². The Morgan fingerprint density at radius 2 is 1.50 bits per heavy atom. The molecule has 0 amide bonds. The van der Waals surface area contributed by atoms with Gasteiger partial charge < -0.3 is 11.5 Å². The summed E-state index contributed by atoms with van der Waals surface area (Å²) in [7, 11) is 0. The highest BCUT2D eigenvalue weighted by Crippen LogP contribution is 2.26. The van der Waals surface area contributed by atoms with Crippen molar-refractivity contribution in [1.82, 2.24) is 0 Å². The number of hydrogen-bond acceptors (Lipinski definition) is 2. The fourth-order valence-corrected chi connectivity index (χ4v) is 1.09. The Hall–Kier alpha value is -1.07. The standard InChI is InChI=1S/C9H11F3N2/c10-9(11,12)8(14)7(13)6-4-2-1-3-5-6/h1-5,7-8H,13-14H2/t7-,8-/m1/s1. The van der Waals surface area contributed by atoms with Crippen LogP contribution >= 0.6 is 0 Å². The third-order valence-corrected chi connectivity index (χ3v) is 1.95. The Labute approximate surface area is 79.7 Å². The molecule has 0 spiro atoms. The smallest absolute Gasteiger partial charge is 0.322 e. The molecule has 0 bridgehead atoms. The minimum absolute atomic E-state index is 0.386. The Bertz CT molecular complexity index is 284. The molecule has 0 aromatic heterocycles. The maximum Gasteiger partial charge on any atom is 0.405 e. The zero-order valence-electron chi connectivity index (χ0n) is 7.33. The fourth-order valence-electron chi connectivity index (χ4n) is 1.09. The van der Waals surface area contributed by atoms with Crippen molar-refractivity contribution in [2.45, 2.75) is 18.3 Å². The van der Waals surface area contributed by atoms with Crippen LogP contribution in [-0.2, 0) is 0 Å². The summed E-state index contributed by atoms with van der Waals surface area (Å²) in [5, 5.41) is 0. The van der Waals surface area contributed by atoms with Gasteiger partial charge in [-0.05, 0) is 5.56 Å². The Morgan fingerprint density at radius 1 is 1.00 bits per heavy atom. The second-order valence-electron chi connectivity index (χ2n) is 3.00. The molecule has 2 atom stereocenters. The van der Waals surface area contributed by atoms with Crippen LogP contribution in [0.2, 0.25) is 0 Å². The second-order valence-corrected chi connectivity index (χ2v) is 3.00. The minimum atomic E-state index is -4.46. The van der Waals surface area contributed by atoms with Crippen molar-refractivity contribution in [2.75, 3.05) is 0 Å². The van der Waals surface area contributed by atoms with Gasteiger partial charge in [-0.2, -0.15) is 13.2 Å². The van der Waals surface area contributed by atoms with Crippen LogP contribution in [0.5, 0.6) is 0 Å². The number of alkyl halides is 3. The topological polar surface area (TPSA) is 52.0 Å². The lowest BCUT2D eigenvalue weighted by Gasteiger charge is -2.22. The van der Waals surface area contributed by atoms with Crippen LogP contribution in [0, 0.1) is 0 Å². The van der Waals surface area contributed by atoms with E-state index in [1.165, 1.54) is 12.1 Å². The molecule has 78 valence electrons. The molecule has 1 aromatic carbocycles. The summed E-state index contributed by atoms with van der Waals surface area (Å²) < 4.78 is 36.5. The average molecular weight is 204 g/mol. The Kier molecular flexibility index (Phi) is 3.13. The molecule has 0 heterocycles. The van der Waals surface area contributed by atoms with E-state index in [0.29, 0.717) is 5.56 Å². The van der Waals surface area contributed by atoms with Crippen molar-refractivity contribution in [2.24, 2.45) is 11.5 Å². The summed E-state index contributed by atoms with van der Waals surface area (Å²) >= 11 is 0. The monoisotopic (exact) mass is 204 g/mol. The molecule has 2 nitrogen and oxygen atoms in total. The SMILES string of the molecule is N[C@H](c1ccccc1)[C@@H](N)C(F)(F)F.